The number of morpholine rings is 2. The minimum Gasteiger partial charge on any atom is -0.444 e. The molecule has 4 aliphatic heterocycles. The van der Waals surface area contributed by atoms with Gasteiger partial charge in [-0.1, -0.05) is 12.1 Å². The smallest absolute Gasteiger partial charge is 0.416 e. The highest BCUT2D eigenvalue weighted by molar-refractivity contribution is 5.69. The second kappa shape index (κ2) is 17.9. The molecule has 4 heterocycles. The number of alkyl halides is 6. The van der Waals surface area contributed by atoms with Gasteiger partial charge in [-0.3, -0.25) is 9.80 Å². The summed E-state index contributed by atoms with van der Waals surface area (Å²) in [4.78, 5) is 22.2. The predicted molar refractivity (Wildman–Crippen MR) is 209 cm³/mol. The first kappa shape index (κ1) is 44.8. The first-order valence-electron chi connectivity index (χ1n) is 19.8. The Hall–Kier alpha value is -3.31. The topological polar surface area (TPSA) is 73.0 Å². The molecule has 0 spiro atoms. The highest BCUT2D eigenvalue weighted by Gasteiger charge is 2.41. The van der Waals surface area contributed by atoms with Crippen LogP contribution in [0.25, 0.3) is 0 Å². The lowest BCUT2D eigenvalue weighted by atomic mass is 9.97. The summed E-state index contributed by atoms with van der Waals surface area (Å²) in [7, 11) is 0. The third-order valence-corrected chi connectivity index (χ3v) is 10.6. The minimum absolute atomic E-state index is 0.0790. The first-order valence-corrected chi connectivity index (χ1v) is 19.8. The van der Waals surface area contributed by atoms with Crippen LogP contribution in [0.2, 0.25) is 0 Å². The summed E-state index contributed by atoms with van der Waals surface area (Å²) in [6.45, 7) is 22.1. The molecular formula is C41H60F6N6O4. The number of anilines is 2. The van der Waals surface area contributed by atoms with Crippen molar-refractivity contribution in [1.82, 2.24) is 20.0 Å². The Kier molecular flexibility index (Phi) is 14.1. The summed E-state index contributed by atoms with van der Waals surface area (Å²) in [6.07, 6.45) is -9.18. The van der Waals surface area contributed by atoms with Crippen molar-refractivity contribution in [2.45, 2.75) is 90.6 Å². The summed E-state index contributed by atoms with van der Waals surface area (Å²) in [5.41, 5.74) is -0.579. The lowest BCUT2D eigenvalue weighted by Gasteiger charge is -2.47. The van der Waals surface area contributed by atoms with Crippen LogP contribution in [0.4, 0.5) is 42.5 Å². The summed E-state index contributed by atoms with van der Waals surface area (Å²) in [5.74, 6) is 0. The molecule has 6 rings (SSSR count). The van der Waals surface area contributed by atoms with E-state index in [4.69, 9.17) is 14.2 Å². The molecule has 0 unspecified atom stereocenters. The molecule has 1 N–H and O–H groups in total. The number of amides is 1. The third-order valence-electron chi connectivity index (χ3n) is 10.6. The van der Waals surface area contributed by atoms with Crippen molar-refractivity contribution in [1.29, 1.82) is 0 Å². The SMILES string of the molecule is CC(C)(C)OC(=O)N1CCN(Cc2ccc(N3CCOCC3)cc2C(F)(F)F)CC1(C)C.CC1(C)CN(Cc2ccc(N3CCOCC3)cc2C(F)(F)F)CCN1. The van der Waals surface area contributed by atoms with E-state index in [1.807, 2.05) is 55.4 Å². The number of nitrogens with zero attached hydrogens (tertiary/aromatic N) is 5. The number of ether oxygens (including phenoxy) is 3. The Morgan fingerprint density at radius 1 is 0.684 bits per heavy atom. The molecule has 4 fully saturated rings. The first-order chi connectivity index (χ1) is 26.5. The van der Waals surface area contributed by atoms with Gasteiger partial charge in [0.05, 0.1) is 43.1 Å². The Balaban J connectivity index is 0.000000224. The van der Waals surface area contributed by atoms with Crippen LogP contribution < -0.4 is 15.1 Å². The van der Waals surface area contributed by atoms with Crippen LogP contribution in [0.1, 0.15) is 70.7 Å². The monoisotopic (exact) mass is 814 g/mol. The second-order valence-electron chi connectivity index (χ2n) is 17.6. The average molecular weight is 815 g/mol. The molecule has 0 aromatic heterocycles. The van der Waals surface area contributed by atoms with E-state index in [2.05, 4.69) is 24.1 Å². The van der Waals surface area contributed by atoms with E-state index in [1.54, 1.807) is 23.1 Å². The van der Waals surface area contributed by atoms with Crippen molar-refractivity contribution < 1.29 is 45.3 Å². The molecule has 0 saturated carbocycles. The molecule has 0 aliphatic carbocycles. The van der Waals surface area contributed by atoms with Crippen molar-refractivity contribution in [2.24, 2.45) is 0 Å². The summed E-state index contributed by atoms with van der Waals surface area (Å²) in [6, 6.07) is 9.35. The van der Waals surface area contributed by atoms with E-state index in [0.29, 0.717) is 95.7 Å². The quantitative estimate of drug-likeness (QED) is 0.308. The molecule has 4 aliphatic rings. The predicted octanol–water partition coefficient (Wildman–Crippen LogP) is 7.10. The van der Waals surface area contributed by atoms with Gasteiger partial charge in [-0.05, 0) is 83.9 Å². The number of carbonyl (C=O) groups is 1. The number of carbonyl (C=O) groups excluding carboxylic acids is 1. The van der Waals surface area contributed by atoms with Gasteiger partial charge < -0.3 is 34.2 Å². The van der Waals surface area contributed by atoms with Crippen molar-refractivity contribution >= 4 is 17.5 Å². The van der Waals surface area contributed by atoms with Gasteiger partial charge in [-0.15, -0.1) is 0 Å². The van der Waals surface area contributed by atoms with Gasteiger partial charge in [0.15, 0.2) is 0 Å². The van der Waals surface area contributed by atoms with Crippen molar-refractivity contribution in [3.05, 3.63) is 58.7 Å². The molecule has 2 aromatic rings. The normalized spacial score (nSPS) is 21.2. The maximum absolute atomic E-state index is 13.9. The zero-order valence-electron chi connectivity index (χ0n) is 34.4. The molecule has 16 heteroatoms. The van der Waals surface area contributed by atoms with Gasteiger partial charge in [0.2, 0.25) is 0 Å². The zero-order chi connectivity index (χ0) is 41.8. The summed E-state index contributed by atoms with van der Waals surface area (Å²) >= 11 is 0. The van der Waals surface area contributed by atoms with Gasteiger partial charge in [-0.25, -0.2) is 4.79 Å². The van der Waals surface area contributed by atoms with Crippen molar-refractivity contribution in [2.75, 3.05) is 102 Å². The Labute approximate surface area is 333 Å². The number of hydrogen-bond donors (Lipinski definition) is 1. The fourth-order valence-electron chi connectivity index (χ4n) is 7.88. The van der Waals surface area contributed by atoms with Crippen LogP contribution in [-0.2, 0) is 39.7 Å². The van der Waals surface area contributed by atoms with Crippen LogP contribution >= 0.6 is 0 Å². The molecule has 10 nitrogen and oxygen atoms in total. The lowest BCUT2D eigenvalue weighted by molar-refractivity contribution is -0.139. The Bertz CT molecular complexity index is 1650. The highest BCUT2D eigenvalue weighted by Crippen LogP contribution is 2.37. The standard InChI is InChI=1S/C23H34F3N3O3.C18H26F3N3O/c1-21(2,3)32-20(30)29-9-8-27(16-22(29,4)5)15-17-6-7-18(14-19(17)23(24,25)26)28-10-12-31-13-11-28;1-17(2)13-23(6-5-22-17)12-14-3-4-15(11-16(14)18(19,20)21)24-7-9-25-10-8-24/h6-7,14H,8-13,15-16H2,1-5H3;3-4,11,22H,5-10,12-13H2,1-2H3. The summed E-state index contributed by atoms with van der Waals surface area (Å²) in [5, 5.41) is 3.39. The van der Waals surface area contributed by atoms with Gasteiger partial charge in [0, 0.05) is 95.5 Å². The van der Waals surface area contributed by atoms with Gasteiger partial charge in [0.1, 0.15) is 5.60 Å². The van der Waals surface area contributed by atoms with Gasteiger partial charge >= 0.3 is 18.4 Å². The highest BCUT2D eigenvalue weighted by atomic mass is 19.4. The molecule has 57 heavy (non-hydrogen) atoms. The van der Waals surface area contributed by atoms with E-state index in [1.165, 1.54) is 12.1 Å². The van der Waals surface area contributed by atoms with Crippen LogP contribution in [0.15, 0.2) is 36.4 Å². The largest absolute Gasteiger partial charge is 0.444 e. The number of nitrogens with one attached hydrogen (secondary N) is 1. The van der Waals surface area contributed by atoms with E-state index < -0.39 is 40.7 Å². The number of piperazine rings is 2. The number of rotatable bonds is 6. The molecule has 0 atom stereocenters. The molecule has 2 aromatic carbocycles. The number of hydrogen-bond acceptors (Lipinski definition) is 9. The molecule has 320 valence electrons. The van der Waals surface area contributed by atoms with Crippen LogP contribution in [0.3, 0.4) is 0 Å². The molecule has 1 amide bonds. The fraction of sp³-hybridized carbons (Fsp3) is 0.683. The summed E-state index contributed by atoms with van der Waals surface area (Å²) < 4.78 is 98.7. The van der Waals surface area contributed by atoms with E-state index in [-0.39, 0.29) is 17.6 Å². The number of halogens is 6. The van der Waals surface area contributed by atoms with Gasteiger partial charge in [0.25, 0.3) is 0 Å². The van der Waals surface area contributed by atoms with E-state index in [0.717, 1.165) is 19.6 Å². The maximum Gasteiger partial charge on any atom is 0.416 e. The Morgan fingerprint density at radius 3 is 1.54 bits per heavy atom. The van der Waals surface area contributed by atoms with Crippen molar-refractivity contribution in [3.63, 3.8) is 0 Å². The molecule has 0 bridgehead atoms. The van der Waals surface area contributed by atoms with E-state index in [9.17, 15) is 31.1 Å². The second-order valence-corrected chi connectivity index (χ2v) is 17.6. The molecular weight excluding hydrogens is 754 g/mol. The number of benzene rings is 2. The zero-order valence-corrected chi connectivity index (χ0v) is 34.4. The lowest BCUT2D eigenvalue weighted by Crippen LogP contribution is -2.61. The van der Waals surface area contributed by atoms with Crippen LogP contribution in [0.5, 0.6) is 0 Å². The Morgan fingerprint density at radius 2 is 1.14 bits per heavy atom. The van der Waals surface area contributed by atoms with Crippen LogP contribution in [0, 0.1) is 0 Å². The van der Waals surface area contributed by atoms with E-state index >= 15 is 0 Å². The molecule has 4 saturated heterocycles. The van der Waals surface area contributed by atoms with Crippen LogP contribution in [-0.4, -0.2) is 129 Å². The average Bonchev–Trinajstić information content (AvgIpc) is 3.10. The van der Waals surface area contributed by atoms with Crippen molar-refractivity contribution in [3.8, 4) is 0 Å². The maximum atomic E-state index is 13.9. The molecule has 0 radical (unpaired) electrons. The third kappa shape index (κ3) is 12.6. The van der Waals surface area contributed by atoms with Gasteiger partial charge in [-0.2, -0.15) is 26.3 Å². The fourth-order valence-corrected chi connectivity index (χ4v) is 7.88. The minimum atomic E-state index is -4.44.